The molecule has 32 heavy (non-hydrogen) atoms. The van der Waals surface area contributed by atoms with Crippen LogP contribution in [0.15, 0.2) is 84.9 Å². The van der Waals surface area contributed by atoms with E-state index in [1.165, 1.54) is 6.08 Å². The van der Waals surface area contributed by atoms with Gasteiger partial charge in [-0.05, 0) is 78.0 Å². The summed E-state index contributed by atoms with van der Waals surface area (Å²) in [6, 6.07) is 24.1. The summed E-state index contributed by atoms with van der Waals surface area (Å²) in [5, 5.41) is 12.3. The Kier molecular flexibility index (Phi) is 6.43. The summed E-state index contributed by atoms with van der Waals surface area (Å²) < 4.78 is 11.2. The van der Waals surface area contributed by atoms with Gasteiger partial charge >= 0.3 is 5.97 Å². The van der Waals surface area contributed by atoms with Gasteiger partial charge < -0.3 is 14.6 Å². The predicted molar refractivity (Wildman–Crippen MR) is 128 cm³/mol. The molecule has 0 amide bonds. The summed E-state index contributed by atoms with van der Waals surface area (Å²) in [4.78, 5) is 11.5. The van der Waals surface area contributed by atoms with Crippen LogP contribution < -0.4 is 4.74 Å². The first kappa shape index (κ1) is 21.5. The maximum absolute atomic E-state index is 11.5. The fraction of sp³-hybridized carbons (Fsp3) is 0.0741. The zero-order chi connectivity index (χ0) is 22.5. The number of rotatable bonds is 6. The first-order chi connectivity index (χ1) is 15.5. The third-order valence-electron chi connectivity index (χ3n) is 4.91. The highest BCUT2D eigenvalue weighted by atomic mass is 35.5. The summed E-state index contributed by atoms with van der Waals surface area (Å²) in [7, 11) is 0. The van der Waals surface area contributed by atoms with E-state index in [-0.39, 0.29) is 11.7 Å². The molecular weight excluding hydrogens is 424 g/mol. The number of fused-ring (bicyclic) bond motifs is 1. The average molecular weight is 445 g/mol. The molecule has 4 rings (SSSR count). The molecule has 0 heterocycles. The van der Waals surface area contributed by atoms with Crippen molar-refractivity contribution >= 4 is 34.4 Å². The predicted octanol–water partition coefficient (Wildman–Crippen LogP) is 7.23. The number of carbonyl (C=O) groups excluding carboxylic acids is 1. The number of aromatic hydroxyl groups is 1. The zero-order valence-corrected chi connectivity index (χ0v) is 18.2. The Morgan fingerprint density at radius 2 is 1.72 bits per heavy atom. The van der Waals surface area contributed by atoms with Gasteiger partial charge in [0.15, 0.2) is 0 Å². The third kappa shape index (κ3) is 4.93. The van der Waals surface area contributed by atoms with Crippen molar-refractivity contribution in [2.75, 3.05) is 6.61 Å². The number of phenolic OH excluding ortho intramolecular Hbond substituents is 1. The maximum atomic E-state index is 11.5. The highest BCUT2D eigenvalue weighted by Crippen LogP contribution is 2.40. The lowest BCUT2D eigenvalue weighted by atomic mass is 9.99. The van der Waals surface area contributed by atoms with Crippen LogP contribution in [0.1, 0.15) is 12.5 Å². The minimum Gasteiger partial charge on any atom is -0.508 e. The van der Waals surface area contributed by atoms with Gasteiger partial charge in [-0.25, -0.2) is 4.79 Å². The molecular formula is C27H21ClO4. The molecule has 0 atom stereocenters. The quantitative estimate of drug-likeness (QED) is 0.251. The fourth-order valence-corrected chi connectivity index (χ4v) is 3.50. The van der Waals surface area contributed by atoms with E-state index in [0.717, 1.165) is 27.5 Å². The van der Waals surface area contributed by atoms with Gasteiger partial charge in [0.2, 0.25) is 0 Å². The van der Waals surface area contributed by atoms with Gasteiger partial charge in [-0.3, -0.25) is 0 Å². The van der Waals surface area contributed by atoms with Crippen molar-refractivity contribution in [3.63, 3.8) is 0 Å². The summed E-state index contributed by atoms with van der Waals surface area (Å²) in [6.45, 7) is 2.11. The molecule has 0 aliphatic rings. The van der Waals surface area contributed by atoms with Crippen LogP contribution in [0.5, 0.6) is 17.2 Å². The van der Waals surface area contributed by atoms with Crippen molar-refractivity contribution in [2.45, 2.75) is 6.92 Å². The second-order valence-electron chi connectivity index (χ2n) is 7.11. The van der Waals surface area contributed by atoms with Crippen molar-refractivity contribution < 1.29 is 19.4 Å². The molecule has 1 N–H and O–H groups in total. The SMILES string of the molecule is CCOC(=O)C=Cc1ccc(Oc2c(-c3ccc(Cl)cc3)ccc3cc(O)ccc23)cc1. The first-order valence-electron chi connectivity index (χ1n) is 10.2. The number of ether oxygens (including phenoxy) is 2. The van der Waals surface area contributed by atoms with Gasteiger partial charge in [0.1, 0.15) is 17.2 Å². The highest BCUT2D eigenvalue weighted by Gasteiger charge is 2.13. The summed E-state index contributed by atoms with van der Waals surface area (Å²) in [5.74, 6) is 1.15. The van der Waals surface area contributed by atoms with Crippen molar-refractivity contribution in [2.24, 2.45) is 0 Å². The molecule has 5 heteroatoms. The molecule has 0 fully saturated rings. The van der Waals surface area contributed by atoms with E-state index in [0.29, 0.717) is 23.1 Å². The Morgan fingerprint density at radius 3 is 2.44 bits per heavy atom. The molecule has 0 aromatic heterocycles. The van der Waals surface area contributed by atoms with Gasteiger partial charge in [0, 0.05) is 22.0 Å². The highest BCUT2D eigenvalue weighted by molar-refractivity contribution is 6.30. The topological polar surface area (TPSA) is 55.8 Å². The van der Waals surface area contributed by atoms with Crippen LogP contribution in [-0.2, 0) is 9.53 Å². The number of hydrogen-bond acceptors (Lipinski definition) is 4. The Labute approximate surface area is 191 Å². The molecule has 0 saturated carbocycles. The normalized spacial score (nSPS) is 11.1. The monoisotopic (exact) mass is 444 g/mol. The van der Waals surface area contributed by atoms with E-state index in [2.05, 4.69) is 0 Å². The molecule has 0 unspecified atom stereocenters. The van der Waals surface area contributed by atoms with Crippen molar-refractivity contribution in [3.05, 3.63) is 95.5 Å². The first-order valence-corrected chi connectivity index (χ1v) is 10.6. The number of halogens is 1. The molecule has 160 valence electrons. The maximum Gasteiger partial charge on any atom is 0.330 e. The van der Waals surface area contributed by atoms with Crippen LogP contribution in [0.25, 0.3) is 28.0 Å². The van der Waals surface area contributed by atoms with Crippen LogP contribution in [0, 0.1) is 0 Å². The van der Waals surface area contributed by atoms with Gasteiger partial charge in [0.05, 0.1) is 6.61 Å². The van der Waals surface area contributed by atoms with E-state index in [1.807, 2.05) is 66.7 Å². The van der Waals surface area contributed by atoms with Crippen LogP contribution in [0.3, 0.4) is 0 Å². The molecule has 4 nitrogen and oxygen atoms in total. The number of phenols is 1. The number of hydrogen-bond donors (Lipinski definition) is 1. The third-order valence-corrected chi connectivity index (χ3v) is 5.16. The summed E-state index contributed by atoms with van der Waals surface area (Å²) in [5.41, 5.74) is 2.73. The molecule has 4 aromatic rings. The Bertz CT molecular complexity index is 1280. The lowest BCUT2D eigenvalue weighted by Gasteiger charge is -2.15. The Hall–Kier alpha value is -3.76. The van der Waals surface area contributed by atoms with Gasteiger partial charge in [-0.2, -0.15) is 0 Å². The molecule has 4 aromatic carbocycles. The average Bonchev–Trinajstić information content (AvgIpc) is 2.79. The minimum atomic E-state index is -0.376. The van der Waals surface area contributed by atoms with E-state index in [4.69, 9.17) is 21.1 Å². The van der Waals surface area contributed by atoms with Gasteiger partial charge in [-0.1, -0.05) is 41.9 Å². The van der Waals surface area contributed by atoms with Crippen molar-refractivity contribution in [1.82, 2.24) is 0 Å². The number of benzene rings is 4. The summed E-state index contributed by atoms with van der Waals surface area (Å²) >= 11 is 6.07. The standard InChI is InChI=1S/C27H21ClO4/c1-2-31-26(30)16-5-18-3-12-23(13-4-18)32-27-24(19-6-9-21(28)10-7-19)14-8-20-17-22(29)11-15-25(20)27/h3-17,29H,2H2,1H3. The van der Waals surface area contributed by atoms with E-state index in [1.54, 1.807) is 25.1 Å². The molecule has 0 saturated heterocycles. The fourth-order valence-electron chi connectivity index (χ4n) is 3.37. The van der Waals surface area contributed by atoms with Crippen LogP contribution in [0.4, 0.5) is 0 Å². The molecule has 0 bridgehead atoms. The second-order valence-corrected chi connectivity index (χ2v) is 7.55. The van der Waals surface area contributed by atoms with Gasteiger partial charge in [-0.15, -0.1) is 0 Å². The minimum absolute atomic E-state index is 0.195. The molecule has 0 aliphatic heterocycles. The van der Waals surface area contributed by atoms with Crippen LogP contribution >= 0.6 is 11.6 Å². The Balaban J connectivity index is 1.70. The summed E-state index contributed by atoms with van der Waals surface area (Å²) in [6.07, 6.45) is 3.09. The number of esters is 1. The molecule has 0 radical (unpaired) electrons. The lowest BCUT2D eigenvalue weighted by Crippen LogP contribution is -1.98. The lowest BCUT2D eigenvalue weighted by molar-refractivity contribution is -0.137. The van der Waals surface area contributed by atoms with E-state index in [9.17, 15) is 9.90 Å². The van der Waals surface area contributed by atoms with Crippen LogP contribution in [-0.4, -0.2) is 17.7 Å². The Morgan fingerprint density at radius 1 is 0.969 bits per heavy atom. The largest absolute Gasteiger partial charge is 0.508 e. The smallest absolute Gasteiger partial charge is 0.330 e. The van der Waals surface area contributed by atoms with Gasteiger partial charge in [0.25, 0.3) is 0 Å². The van der Waals surface area contributed by atoms with Crippen molar-refractivity contribution in [1.29, 1.82) is 0 Å². The van der Waals surface area contributed by atoms with E-state index >= 15 is 0 Å². The van der Waals surface area contributed by atoms with Crippen molar-refractivity contribution in [3.8, 4) is 28.4 Å². The van der Waals surface area contributed by atoms with E-state index < -0.39 is 0 Å². The zero-order valence-electron chi connectivity index (χ0n) is 17.4. The van der Waals surface area contributed by atoms with Crippen LogP contribution in [0.2, 0.25) is 5.02 Å². The number of carbonyl (C=O) groups is 1. The molecule has 0 spiro atoms. The molecule has 0 aliphatic carbocycles. The second kappa shape index (κ2) is 9.58.